The molecule has 5 nitrogen and oxygen atoms in total. The summed E-state index contributed by atoms with van der Waals surface area (Å²) in [4.78, 5) is 16.9. The number of ether oxygens (including phenoxy) is 2. The maximum Gasteiger partial charge on any atom is 0.416 e. The van der Waals surface area contributed by atoms with Gasteiger partial charge in [-0.05, 0) is 61.9 Å². The molecular formula is C28H22ClF4NO4S2. The van der Waals surface area contributed by atoms with E-state index in [4.69, 9.17) is 26.2 Å². The van der Waals surface area contributed by atoms with Gasteiger partial charge in [-0.15, -0.1) is 23.1 Å². The van der Waals surface area contributed by atoms with Crippen molar-refractivity contribution in [1.29, 1.82) is 0 Å². The van der Waals surface area contributed by atoms with Gasteiger partial charge in [-0.2, -0.15) is 13.2 Å². The van der Waals surface area contributed by atoms with Gasteiger partial charge in [-0.1, -0.05) is 29.8 Å². The molecule has 4 aromatic rings. The maximum atomic E-state index is 14.4. The molecule has 0 saturated heterocycles. The van der Waals surface area contributed by atoms with Crippen LogP contribution in [-0.2, 0) is 17.6 Å². The predicted octanol–water partition coefficient (Wildman–Crippen LogP) is 8.83. The topological polar surface area (TPSA) is 68.7 Å². The molecule has 0 spiro atoms. The predicted molar refractivity (Wildman–Crippen MR) is 147 cm³/mol. The Kier molecular flexibility index (Phi) is 9.27. The standard InChI is InChI=1S/C28H22ClF4NO4S2/c1-15-12-19(10-11-23(15)37-14-24(35)36)39-16(2)25-26(38-13-20-21(29)4-3-5-22(20)30)34-27(40-25)17-6-8-18(9-7-17)28(31,32)33/h3-12,16H,13-14H2,1-2H3,(H,35,36)/t16-/m1/s1. The average molecular weight is 612 g/mol. The molecule has 0 radical (unpaired) electrons. The van der Waals surface area contributed by atoms with Crippen LogP contribution in [0.4, 0.5) is 17.6 Å². The van der Waals surface area contributed by atoms with Crippen LogP contribution in [0, 0.1) is 12.7 Å². The summed E-state index contributed by atoms with van der Waals surface area (Å²) in [6.07, 6.45) is -4.46. The normalized spacial score (nSPS) is 12.3. The molecule has 40 heavy (non-hydrogen) atoms. The molecule has 0 aliphatic rings. The second-order valence-electron chi connectivity index (χ2n) is 8.62. The zero-order chi connectivity index (χ0) is 29.0. The van der Waals surface area contributed by atoms with E-state index in [0.717, 1.165) is 22.6 Å². The molecule has 0 aliphatic heterocycles. The van der Waals surface area contributed by atoms with E-state index < -0.39 is 30.1 Å². The number of hydrogen-bond donors (Lipinski definition) is 1. The summed E-state index contributed by atoms with van der Waals surface area (Å²) in [5, 5.41) is 9.26. The average Bonchev–Trinajstić information content (AvgIpc) is 3.32. The lowest BCUT2D eigenvalue weighted by Crippen LogP contribution is -2.10. The number of thiazole rings is 1. The number of carbonyl (C=O) groups is 1. The second-order valence-corrected chi connectivity index (χ2v) is 11.5. The van der Waals surface area contributed by atoms with Gasteiger partial charge in [0, 0.05) is 21.3 Å². The van der Waals surface area contributed by atoms with Crippen LogP contribution in [-0.4, -0.2) is 22.7 Å². The third kappa shape index (κ3) is 7.26. The molecule has 210 valence electrons. The van der Waals surface area contributed by atoms with Crippen LogP contribution < -0.4 is 9.47 Å². The fourth-order valence-electron chi connectivity index (χ4n) is 3.67. The Morgan fingerprint density at radius 3 is 2.48 bits per heavy atom. The van der Waals surface area contributed by atoms with Crippen molar-refractivity contribution in [3.63, 3.8) is 0 Å². The van der Waals surface area contributed by atoms with Crippen molar-refractivity contribution < 1.29 is 36.9 Å². The number of aliphatic carboxylic acids is 1. The smallest absolute Gasteiger partial charge is 0.416 e. The molecule has 4 rings (SSSR count). The molecule has 0 fully saturated rings. The Bertz CT molecular complexity index is 1490. The number of nitrogens with zero attached hydrogens (tertiary/aromatic N) is 1. The molecule has 0 aliphatic carbocycles. The van der Waals surface area contributed by atoms with Crippen LogP contribution in [0.3, 0.4) is 0 Å². The molecule has 0 unspecified atom stereocenters. The SMILES string of the molecule is Cc1cc(S[C@H](C)c2sc(-c3ccc(C(F)(F)F)cc3)nc2OCc2c(F)cccc2Cl)ccc1OCC(=O)O. The van der Waals surface area contributed by atoms with E-state index in [-0.39, 0.29) is 28.3 Å². The molecule has 0 bridgehead atoms. The lowest BCUT2D eigenvalue weighted by molar-refractivity contribution is -0.139. The Morgan fingerprint density at radius 2 is 1.85 bits per heavy atom. The van der Waals surface area contributed by atoms with Crippen LogP contribution >= 0.6 is 34.7 Å². The molecule has 1 atom stereocenters. The summed E-state index contributed by atoms with van der Waals surface area (Å²) < 4.78 is 64.7. The van der Waals surface area contributed by atoms with Gasteiger partial charge >= 0.3 is 12.1 Å². The minimum Gasteiger partial charge on any atom is -0.482 e. The number of thioether (sulfide) groups is 1. The number of rotatable bonds is 10. The van der Waals surface area contributed by atoms with Crippen molar-refractivity contribution in [2.45, 2.75) is 36.8 Å². The van der Waals surface area contributed by atoms with Crippen LogP contribution in [0.1, 0.15) is 33.7 Å². The molecule has 1 aromatic heterocycles. The molecule has 1 heterocycles. The van der Waals surface area contributed by atoms with E-state index in [0.29, 0.717) is 21.2 Å². The van der Waals surface area contributed by atoms with Crippen LogP contribution in [0.5, 0.6) is 11.6 Å². The quantitative estimate of drug-likeness (QED) is 0.143. The minimum atomic E-state index is -4.46. The van der Waals surface area contributed by atoms with Gasteiger partial charge in [-0.25, -0.2) is 14.2 Å². The zero-order valence-corrected chi connectivity index (χ0v) is 23.5. The molecule has 1 N–H and O–H groups in total. The highest BCUT2D eigenvalue weighted by Gasteiger charge is 2.30. The van der Waals surface area contributed by atoms with E-state index >= 15 is 0 Å². The highest BCUT2D eigenvalue weighted by molar-refractivity contribution is 7.99. The Hall–Kier alpha value is -3.28. The van der Waals surface area contributed by atoms with Gasteiger partial charge < -0.3 is 14.6 Å². The second kappa shape index (κ2) is 12.5. The highest BCUT2D eigenvalue weighted by Crippen LogP contribution is 2.45. The molecule has 0 amide bonds. The first kappa shape index (κ1) is 29.7. The molecule has 12 heteroatoms. The van der Waals surface area contributed by atoms with Crippen molar-refractivity contribution in [3.8, 4) is 22.2 Å². The van der Waals surface area contributed by atoms with Crippen molar-refractivity contribution in [2.75, 3.05) is 6.61 Å². The summed E-state index contributed by atoms with van der Waals surface area (Å²) in [7, 11) is 0. The van der Waals surface area contributed by atoms with Gasteiger partial charge in [0.15, 0.2) is 6.61 Å². The van der Waals surface area contributed by atoms with Gasteiger partial charge in [0.1, 0.15) is 23.2 Å². The number of halogens is 5. The van der Waals surface area contributed by atoms with Crippen LogP contribution in [0.25, 0.3) is 10.6 Å². The molecular weight excluding hydrogens is 590 g/mol. The summed E-state index contributed by atoms with van der Waals surface area (Å²) in [6.45, 7) is 3.07. The fraction of sp³-hybridized carbons (Fsp3) is 0.214. The highest BCUT2D eigenvalue weighted by atomic mass is 35.5. The van der Waals surface area contributed by atoms with Crippen LogP contribution in [0.2, 0.25) is 5.02 Å². The number of hydrogen-bond acceptors (Lipinski definition) is 6. The van der Waals surface area contributed by atoms with E-state index in [2.05, 4.69) is 4.98 Å². The number of carboxylic acid groups (broad SMARTS) is 1. The van der Waals surface area contributed by atoms with E-state index in [1.165, 1.54) is 47.4 Å². The summed E-state index contributed by atoms with van der Waals surface area (Å²) >= 11 is 8.88. The first-order chi connectivity index (χ1) is 18.9. The number of aryl methyl sites for hydroxylation is 1. The molecule has 3 aromatic carbocycles. The number of carboxylic acids is 1. The van der Waals surface area contributed by atoms with Crippen LogP contribution in [0.15, 0.2) is 65.6 Å². The van der Waals surface area contributed by atoms with E-state index in [9.17, 15) is 22.4 Å². The number of benzene rings is 3. The monoisotopic (exact) mass is 611 g/mol. The van der Waals surface area contributed by atoms with Gasteiger partial charge in [0.05, 0.1) is 15.5 Å². The van der Waals surface area contributed by atoms with Crippen molar-refractivity contribution in [3.05, 3.63) is 93.1 Å². The third-order valence-electron chi connectivity index (χ3n) is 5.67. The Morgan fingerprint density at radius 1 is 1.12 bits per heavy atom. The Balaban J connectivity index is 1.62. The summed E-state index contributed by atoms with van der Waals surface area (Å²) in [5.74, 6) is -0.940. The van der Waals surface area contributed by atoms with Crippen molar-refractivity contribution in [1.82, 2.24) is 4.98 Å². The lowest BCUT2D eigenvalue weighted by Gasteiger charge is -2.14. The van der Waals surface area contributed by atoms with Gasteiger partial charge in [-0.3, -0.25) is 0 Å². The lowest BCUT2D eigenvalue weighted by atomic mass is 10.1. The van der Waals surface area contributed by atoms with E-state index in [1.54, 1.807) is 25.1 Å². The largest absolute Gasteiger partial charge is 0.482 e. The van der Waals surface area contributed by atoms with Gasteiger partial charge in [0.2, 0.25) is 5.88 Å². The van der Waals surface area contributed by atoms with Crippen molar-refractivity contribution >= 4 is 40.7 Å². The summed E-state index contributed by atoms with van der Waals surface area (Å²) in [5.41, 5.74) is 0.616. The Labute approximate surface area is 240 Å². The van der Waals surface area contributed by atoms with Gasteiger partial charge in [0.25, 0.3) is 0 Å². The molecule has 0 saturated carbocycles. The zero-order valence-electron chi connectivity index (χ0n) is 21.1. The van der Waals surface area contributed by atoms with Crippen molar-refractivity contribution in [2.24, 2.45) is 0 Å². The first-order valence-corrected chi connectivity index (χ1v) is 13.9. The fourth-order valence-corrected chi connectivity index (χ4v) is 6.13. The minimum absolute atomic E-state index is 0.159. The summed E-state index contributed by atoms with van der Waals surface area (Å²) in [6, 6.07) is 14.3. The number of alkyl halides is 3. The van der Waals surface area contributed by atoms with E-state index in [1.807, 2.05) is 13.0 Å². The maximum absolute atomic E-state index is 14.4. The first-order valence-electron chi connectivity index (χ1n) is 11.8. The third-order valence-corrected chi connectivity index (χ3v) is 8.56. The number of aromatic nitrogens is 1.